The van der Waals surface area contributed by atoms with E-state index in [2.05, 4.69) is 5.16 Å². The second kappa shape index (κ2) is 10.3. The zero-order valence-electron chi connectivity index (χ0n) is 18.1. The largest absolute Gasteiger partial charge is 0.493 e. The minimum absolute atomic E-state index is 0.0901. The Hall–Kier alpha value is -2.74. The Morgan fingerprint density at radius 2 is 1.90 bits per heavy atom. The summed E-state index contributed by atoms with van der Waals surface area (Å²) in [6, 6.07) is 5.44. The van der Waals surface area contributed by atoms with E-state index in [9.17, 15) is 4.79 Å². The summed E-state index contributed by atoms with van der Waals surface area (Å²) in [5.41, 5.74) is 1.43. The van der Waals surface area contributed by atoms with Crippen LogP contribution in [0.5, 0.6) is 17.2 Å². The van der Waals surface area contributed by atoms with Gasteiger partial charge in [-0.2, -0.15) is 0 Å². The second-order valence-electron chi connectivity index (χ2n) is 7.26. The lowest BCUT2D eigenvalue weighted by molar-refractivity contribution is -0.133. The SMILES string of the molecule is CCCC(=O)N(Cc1cc(-c2cc(OC)c(OC)c(OC)c2)on1)C[C@@H]1CCCO1. The molecule has 8 nitrogen and oxygen atoms in total. The van der Waals surface area contributed by atoms with Crippen LogP contribution in [0.2, 0.25) is 0 Å². The number of amides is 1. The third kappa shape index (κ3) is 5.05. The molecule has 8 heteroatoms. The zero-order valence-corrected chi connectivity index (χ0v) is 18.1. The van der Waals surface area contributed by atoms with Crippen molar-refractivity contribution in [3.8, 4) is 28.6 Å². The van der Waals surface area contributed by atoms with Crippen LogP contribution in [0.3, 0.4) is 0 Å². The molecule has 0 N–H and O–H groups in total. The minimum Gasteiger partial charge on any atom is -0.493 e. The Kier molecular flexibility index (Phi) is 7.57. The van der Waals surface area contributed by atoms with Gasteiger partial charge < -0.3 is 28.4 Å². The van der Waals surface area contributed by atoms with Gasteiger partial charge in [0.05, 0.1) is 34.0 Å². The number of ether oxygens (including phenoxy) is 4. The van der Waals surface area contributed by atoms with E-state index in [4.69, 9.17) is 23.5 Å². The van der Waals surface area contributed by atoms with Crippen molar-refractivity contribution in [3.63, 3.8) is 0 Å². The van der Waals surface area contributed by atoms with E-state index < -0.39 is 0 Å². The molecule has 164 valence electrons. The van der Waals surface area contributed by atoms with Gasteiger partial charge in [0.25, 0.3) is 0 Å². The van der Waals surface area contributed by atoms with Crippen LogP contribution < -0.4 is 14.2 Å². The highest BCUT2D eigenvalue weighted by Gasteiger charge is 2.24. The fourth-order valence-electron chi connectivity index (χ4n) is 3.60. The first kappa shape index (κ1) is 22.0. The lowest BCUT2D eigenvalue weighted by Crippen LogP contribution is -2.36. The highest BCUT2D eigenvalue weighted by atomic mass is 16.5. The van der Waals surface area contributed by atoms with Gasteiger partial charge in [-0.05, 0) is 31.4 Å². The van der Waals surface area contributed by atoms with E-state index in [0.29, 0.717) is 48.2 Å². The maximum Gasteiger partial charge on any atom is 0.223 e. The van der Waals surface area contributed by atoms with Crippen LogP contribution >= 0.6 is 0 Å². The Labute approximate surface area is 177 Å². The molecule has 1 aromatic heterocycles. The van der Waals surface area contributed by atoms with E-state index in [1.165, 1.54) is 0 Å². The highest BCUT2D eigenvalue weighted by molar-refractivity contribution is 5.76. The molecular weight excluding hydrogens is 388 g/mol. The van der Waals surface area contributed by atoms with E-state index in [-0.39, 0.29) is 12.0 Å². The summed E-state index contributed by atoms with van der Waals surface area (Å²) in [7, 11) is 4.69. The first-order chi connectivity index (χ1) is 14.6. The predicted molar refractivity (Wildman–Crippen MR) is 111 cm³/mol. The number of benzene rings is 1. The van der Waals surface area contributed by atoms with E-state index >= 15 is 0 Å². The van der Waals surface area contributed by atoms with Gasteiger partial charge in [0.1, 0.15) is 5.69 Å². The van der Waals surface area contributed by atoms with Crippen molar-refractivity contribution < 1.29 is 28.3 Å². The first-order valence-corrected chi connectivity index (χ1v) is 10.2. The summed E-state index contributed by atoms with van der Waals surface area (Å²) in [6.45, 7) is 3.72. The van der Waals surface area contributed by atoms with Crippen molar-refractivity contribution in [2.75, 3.05) is 34.5 Å². The van der Waals surface area contributed by atoms with Crippen LogP contribution in [0, 0.1) is 0 Å². The van der Waals surface area contributed by atoms with Gasteiger partial charge in [0.2, 0.25) is 11.7 Å². The lowest BCUT2D eigenvalue weighted by atomic mass is 10.1. The lowest BCUT2D eigenvalue weighted by Gasteiger charge is -2.24. The third-order valence-electron chi connectivity index (χ3n) is 5.13. The third-order valence-corrected chi connectivity index (χ3v) is 5.13. The van der Waals surface area contributed by atoms with Crippen LogP contribution in [0.1, 0.15) is 38.3 Å². The second-order valence-corrected chi connectivity index (χ2v) is 7.26. The summed E-state index contributed by atoms with van der Waals surface area (Å²) in [5, 5.41) is 4.18. The predicted octanol–water partition coefficient (Wildman–Crippen LogP) is 3.68. The maximum absolute atomic E-state index is 12.6. The van der Waals surface area contributed by atoms with Crippen molar-refractivity contribution in [1.82, 2.24) is 10.1 Å². The zero-order chi connectivity index (χ0) is 21.5. The van der Waals surface area contributed by atoms with Crippen molar-refractivity contribution in [3.05, 3.63) is 23.9 Å². The summed E-state index contributed by atoms with van der Waals surface area (Å²) in [6.07, 6.45) is 3.41. The summed E-state index contributed by atoms with van der Waals surface area (Å²) in [5.74, 6) is 2.23. The van der Waals surface area contributed by atoms with Gasteiger partial charge >= 0.3 is 0 Å². The number of aromatic nitrogens is 1. The molecule has 1 fully saturated rings. The molecule has 1 aliphatic rings. The number of rotatable bonds is 10. The van der Waals surface area contributed by atoms with Crippen LogP contribution in [0.25, 0.3) is 11.3 Å². The normalized spacial score (nSPS) is 15.8. The molecule has 0 unspecified atom stereocenters. The molecule has 0 radical (unpaired) electrons. The van der Waals surface area contributed by atoms with Gasteiger partial charge in [-0.15, -0.1) is 0 Å². The Balaban J connectivity index is 1.81. The number of carbonyl (C=O) groups excluding carboxylic acids is 1. The molecule has 0 aliphatic carbocycles. The van der Waals surface area contributed by atoms with Gasteiger partial charge in [0, 0.05) is 31.2 Å². The number of hydrogen-bond donors (Lipinski definition) is 0. The quantitative estimate of drug-likeness (QED) is 0.582. The van der Waals surface area contributed by atoms with Crippen LogP contribution in [0.4, 0.5) is 0 Å². The average Bonchev–Trinajstić information content (AvgIpc) is 3.44. The molecule has 0 spiro atoms. The van der Waals surface area contributed by atoms with Crippen LogP contribution in [-0.4, -0.2) is 56.5 Å². The van der Waals surface area contributed by atoms with Gasteiger partial charge in [-0.3, -0.25) is 4.79 Å². The highest BCUT2D eigenvalue weighted by Crippen LogP contribution is 2.41. The van der Waals surface area contributed by atoms with Crippen molar-refractivity contribution in [2.45, 2.75) is 45.3 Å². The minimum atomic E-state index is 0.0901. The standard InChI is InChI=1S/C22H30N2O6/c1-5-7-21(25)24(14-17-8-6-9-29-17)13-16-12-18(30-23-16)15-10-19(26-2)22(28-4)20(11-15)27-3/h10-12,17H,5-9,13-14H2,1-4H3/t17-/m0/s1. The summed E-state index contributed by atoms with van der Waals surface area (Å²) < 4.78 is 27.5. The van der Waals surface area contributed by atoms with Gasteiger partial charge in [0.15, 0.2) is 17.3 Å². The van der Waals surface area contributed by atoms with Crippen molar-refractivity contribution >= 4 is 5.91 Å². The van der Waals surface area contributed by atoms with Crippen molar-refractivity contribution in [2.24, 2.45) is 0 Å². The first-order valence-electron chi connectivity index (χ1n) is 10.2. The Bertz CT molecular complexity index is 819. The molecule has 2 aromatic rings. The van der Waals surface area contributed by atoms with E-state index in [0.717, 1.165) is 31.4 Å². The molecule has 2 heterocycles. The molecule has 0 bridgehead atoms. The van der Waals surface area contributed by atoms with E-state index in [1.807, 2.05) is 17.9 Å². The fraction of sp³-hybridized carbons (Fsp3) is 0.545. The monoisotopic (exact) mass is 418 g/mol. The summed E-state index contributed by atoms with van der Waals surface area (Å²) in [4.78, 5) is 14.4. The van der Waals surface area contributed by atoms with Gasteiger partial charge in [-0.25, -0.2) is 0 Å². The number of methoxy groups -OCH3 is 3. The van der Waals surface area contributed by atoms with E-state index in [1.54, 1.807) is 33.5 Å². The molecule has 1 aromatic carbocycles. The topological polar surface area (TPSA) is 83.3 Å². The molecule has 3 rings (SSSR count). The number of nitrogens with zero attached hydrogens (tertiary/aromatic N) is 2. The molecule has 0 saturated carbocycles. The molecule has 1 atom stereocenters. The molecule has 1 saturated heterocycles. The van der Waals surface area contributed by atoms with Gasteiger partial charge in [-0.1, -0.05) is 12.1 Å². The summed E-state index contributed by atoms with van der Waals surface area (Å²) >= 11 is 0. The molecule has 1 aliphatic heterocycles. The Morgan fingerprint density at radius 3 is 2.47 bits per heavy atom. The number of hydrogen-bond acceptors (Lipinski definition) is 7. The fourth-order valence-corrected chi connectivity index (χ4v) is 3.60. The maximum atomic E-state index is 12.6. The van der Waals surface area contributed by atoms with Crippen LogP contribution in [0.15, 0.2) is 22.7 Å². The van der Waals surface area contributed by atoms with Crippen molar-refractivity contribution in [1.29, 1.82) is 0 Å². The number of carbonyl (C=O) groups is 1. The average molecular weight is 418 g/mol. The molecule has 1 amide bonds. The smallest absolute Gasteiger partial charge is 0.223 e. The van der Waals surface area contributed by atoms with Crippen LogP contribution in [-0.2, 0) is 16.1 Å². The molecular formula is C22H30N2O6. The Morgan fingerprint density at radius 1 is 1.17 bits per heavy atom. The molecule has 30 heavy (non-hydrogen) atoms.